The highest BCUT2D eigenvalue weighted by atomic mass is 16.2. The lowest BCUT2D eigenvalue weighted by Crippen LogP contribution is -2.43. The molecule has 0 bridgehead atoms. The average molecular weight is 351 g/mol. The number of rotatable bonds is 6. The third kappa shape index (κ3) is 6.79. The fraction of sp³-hybridized carbons (Fsp3) is 0.850. The molecule has 0 aromatic rings. The van der Waals surface area contributed by atoms with Crippen molar-refractivity contribution >= 4 is 17.6 Å². The van der Waals surface area contributed by atoms with Gasteiger partial charge in [0.15, 0.2) is 0 Å². The molecule has 2 fully saturated rings. The molecule has 2 rings (SSSR count). The van der Waals surface area contributed by atoms with Crippen molar-refractivity contribution in [1.29, 1.82) is 0 Å². The van der Waals surface area contributed by atoms with Gasteiger partial charge < -0.3 is 10.2 Å². The molecular weight excluding hydrogens is 316 g/mol. The largest absolute Gasteiger partial charge is 0.353 e. The molecule has 1 heterocycles. The number of ketones is 1. The summed E-state index contributed by atoms with van der Waals surface area (Å²) in [4.78, 5) is 38.2. The molecule has 1 aliphatic carbocycles. The Morgan fingerprint density at radius 1 is 0.920 bits per heavy atom. The molecule has 25 heavy (non-hydrogen) atoms. The van der Waals surface area contributed by atoms with Crippen molar-refractivity contribution in [3.63, 3.8) is 0 Å². The van der Waals surface area contributed by atoms with Crippen LogP contribution in [0.2, 0.25) is 0 Å². The fourth-order valence-corrected chi connectivity index (χ4v) is 4.03. The average Bonchev–Trinajstić information content (AvgIpc) is 2.61. The van der Waals surface area contributed by atoms with Gasteiger partial charge in [-0.25, -0.2) is 0 Å². The number of carbonyl (C=O) groups is 3. The quantitative estimate of drug-likeness (QED) is 0.800. The molecule has 0 aromatic heterocycles. The maximum absolute atomic E-state index is 12.4. The van der Waals surface area contributed by atoms with Gasteiger partial charge in [-0.1, -0.05) is 39.0 Å². The van der Waals surface area contributed by atoms with Crippen molar-refractivity contribution in [2.75, 3.05) is 13.1 Å². The number of likely N-dealkylation sites (tertiary alicyclic amines) is 1. The second-order valence-electron chi connectivity index (χ2n) is 7.61. The van der Waals surface area contributed by atoms with Gasteiger partial charge in [0.25, 0.3) is 0 Å². The number of Topliss-reactive ketones (excluding diaryl/α,β-unsaturated/α-hetero) is 1. The van der Waals surface area contributed by atoms with Gasteiger partial charge in [-0.15, -0.1) is 0 Å². The van der Waals surface area contributed by atoms with Crippen molar-refractivity contribution in [1.82, 2.24) is 10.2 Å². The van der Waals surface area contributed by atoms with Crippen LogP contribution in [0.4, 0.5) is 0 Å². The third-order valence-corrected chi connectivity index (χ3v) is 5.61. The van der Waals surface area contributed by atoms with E-state index < -0.39 is 0 Å². The second kappa shape index (κ2) is 10.6. The minimum absolute atomic E-state index is 0.00267. The van der Waals surface area contributed by atoms with E-state index in [2.05, 4.69) is 5.32 Å². The summed E-state index contributed by atoms with van der Waals surface area (Å²) >= 11 is 0. The van der Waals surface area contributed by atoms with Crippen LogP contribution in [0.25, 0.3) is 0 Å². The lowest BCUT2D eigenvalue weighted by atomic mass is 9.92. The fourth-order valence-electron chi connectivity index (χ4n) is 4.03. The topological polar surface area (TPSA) is 66.5 Å². The molecule has 0 radical (unpaired) electrons. The first-order valence-corrected chi connectivity index (χ1v) is 10.2. The number of hydrogen-bond donors (Lipinski definition) is 1. The molecule has 5 nitrogen and oxygen atoms in total. The van der Waals surface area contributed by atoms with Crippen LogP contribution < -0.4 is 5.32 Å². The number of nitrogens with one attached hydrogen (secondary N) is 1. The van der Waals surface area contributed by atoms with E-state index in [4.69, 9.17) is 0 Å². The summed E-state index contributed by atoms with van der Waals surface area (Å²) in [5.41, 5.74) is 0. The maximum atomic E-state index is 12.4. The number of amides is 2. The van der Waals surface area contributed by atoms with Crippen LogP contribution in [-0.2, 0) is 14.4 Å². The smallest absolute Gasteiger partial charge is 0.223 e. The first kappa shape index (κ1) is 19.9. The normalized spacial score (nSPS) is 22.8. The van der Waals surface area contributed by atoms with Crippen LogP contribution >= 0.6 is 0 Å². The van der Waals surface area contributed by atoms with Gasteiger partial charge in [0, 0.05) is 44.3 Å². The summed E-state index contributed by atoms with van der Waals surface area (Å²) < 4.78 is 0. The van der Waals surface area contributed by atoms with Gasteiger partial charge >= 0.3 is 0 Å². The number of hydrogen-bond acceptors (Lipinski definition) is 3. The van der Waals surface area contributed by atoms with Crippen molar-refractivity contribution < 1.29 is 14.4 Å². The van der Waals surface area contributed by atoms with E-state index in [0.29, 0.717) is 13.0 Å². The highest BCUT2D eigenvalue weighted by Crippen LogP contribution is 2.20. The molecule has 1 saturated heterocycles. The Morgan fingerprint density at radius 3 is 2.28 bits per heavy atom. The summed E-state index contributed by atoms with van der Waals surface area (Å²) in [6, 6.07) is 0.282. The lowest BCUT2D eigenvalue weighted by molar-refractivity contribution is -0.137. The Morgan fingerprint density at radius 2 is 1.60 bits per heavy atom. The molecule has 1 saturated carbocycles. The van der Waals surface area contributed by atoms with Crippen LogP contribution in [-0.4, -0.2) is 41.6 Å². The Kier molecular flexibility index (Phi) is 8.42. The molecule has 142 valence electrons. The van der Waals surface area contributed by atoms with Crippen LogP contribution in [0.15, 0.2) is 0 Å². The molecular formula is C20H34N2O3. The number of nitrogens with zero attached hydrogens (tertiary/aromatic N) is 1. The third-order valence-electron chi connectivity index (χ3n) is 5.61. The van der Waals surface area contributed by atoms with E-state index in [1.807, 2.05) is 6.92 Å². The summed E-state index contributed by atoms with van der Waals surface area (Å²) in [6.45, 7) is 3.13. The lowest BCUT2D eigenvalue weighted by Gasteiger charge is -2.32. The van der Waals surface area contributed by atoms with Crippen LogP contribution in [0.1, 0.15) is 84.0 Å². The molecule has 2 amide bonds. The Labute approximate surface area is 151 Å². The van der Waals surface area contributed by atoms with Gasteiger partial charge in [-0.3, -0.25) is 14.4 Å². The minimum Gasteiger partial charge on any atom is -0.353 e. The van der Waals surface area contributed by atoms with Crippen LogP contribution in [0.3, 0.4) is 0 Å². The Bertz CT molecular complexity index is 456. The standard InChI is InChI=1S/C20H34N2O3/c1-2-18(23)16-9-8-14-22(15-16)20(25)13-12-19(24)21-17-10-6-4-3-5-7-11-17/h16-17H,2-15H2,1H3,(H,21,24). The predicted molar refractivity (Wildman–Crippen MR) is 98.1 cm³/mol. The van der Waals surface area contributed by atoms with Gasteiger partial charge in [-0.05, 0) is 25.7 Å². The van der Waals surface area contributed by atoms with Crippen LogP contribution in [0, 0.1) is 5.92 Å². The molecule has 5 heteroatoms. The highest BCUT2D eigenvalue weighted by Gasteiger charge is 2.27. The Balaban J connectivity index is 1.71. The van der Waals surface area contributed by atoms with E-state index in [1.165, 1.54) is 32.1 Å². The first-order valence-electron chi connectivity index (χ1n) is 10.2. The van der Waals surface area contributed by atoms with E-state index in [0.717, 1.165) is 32.2 Å². The second-order valence-corrected chi connectivity index (χ2v) is 7.61. The summed E-state index contributed by atoms with van der Waals surface area (Å²) in [5.74, 6) is 0.254. The molecule has 1 atom stereocenters. The zero-order valence-electron chi connectivity index (χ0n) is 15.7. The Hall–Kier alpha value is -1.39. The summed E-state index contributed by atoms with van der Waals surface area (Å²) in [6.07, 6.45) is 11.2. The number of piperidine rings is 1. The maximum Gasteiger partial charge on any atom is 0.223 e. The van der Waals surface area contributed by atoms with Gasteiger partial charge in [0.1, 0.15) is 5.78 Å². The van der Waals surface area contributed by atoms with E-state index in [9.17, 15) is 14.4 Å². The molecule has 0 aromatic carbocycles. The van der Waals surface area contributed by atoms with E-state index in [-0.39, 0.29) is 42.4 Å². The summed E-state index contributed by atoms with van der Waals surface area (Å²) in [5, 5.41) is 3.12. The summed E-state index contributed by atoms with van der Waals surface area (Å²) in [7, 11) is 0. The van der Waals surface area contributed by atoms with Crippen molar-refractivity contribution in [2.24, 2.45) is 5.92 Å². The molecule has 0 spiro atoms. The molecule has 1 aliphatic heterocycles. The van der Waals surface area contributed by atoms with Gasteiger partial charge in [0.2, 0.25) is 11.8 Å². The van der Waals surface area contributed by atoms with Crippen molar-refractivity contribution in [3.8, 4) is 0 Å². The molecule has 1 unspecified atom stereocenters. The van der Waals surface area contributed by atoms with Crippen LogP contribution in [0.5, 0.6) is 0 Å². The number of carbonyl (C=O) groups excluding carboxylic acids is 3. The van der Waals surface area contributed by atoms with Crippen molar-refractivity contribution in [2.45, 2.75) is 90.0 Å². The SMILES string of the molecule is CCC(=O)C1CCCN(C(=O)CCC(=O)NC2CCCCCCC2)C1. The van der Waals surface area contributed by atoms with Gasteiger partial charge in [0.05, 0.1) is 0 Å². The van der Waals surface area contributed by atoms with E-state index in [1.54, 1.807) is 4.90 Å². The monoisotopic (exact) mass is 350 g/mol. The zero-order valence-corrected chi connectivity index (χ0v) is 15.7. The highest BCUT2D eigenvalue weighted by molar-refractivity contribution is 5.85. The van der Waals surface area contributed by atoms with Crippen molar-refractivity contribution in [3.05, 3.63) is 0 Å². The molecule has 1 N–H and O–H groups in total. The van der Waals surface area contributed by atoms with E-state index >= 15 is 0 Å². The first-order chi connectivity index (χ1) is 12.1. The predicted octanol–water partition coefficient (Wildman–Crippen LogP) is 3.21. The molecule has 2 aliphatic rings. The van der Waals surface area contributed by atoms with Gasteiger partial charge in [-0.2, -0.15) is 0 Å². The zero-order chi connectivity index (χ0) is 18.1. The minimum atomic E-state index is -0.00792.